The molecule has 1 amide bonds. The largest absolute Gasteiger partial charge is 0.497 e. The third-order valence-electron chi connectivity index (χ3n) is 4.88. The summed E-state index contributed by atoms with van der Waals surface area (Å²) < 4.78 is 7.07. The Bertz CT molecular complexity index is 945. The molecule has 3 aromatic rings. The van der Waals surface area contributed by atoms with Crippen LogP contribution in [0.3, 0.4) is 0 Å². The zero-order valence-electron chi connectivity index (χ0n) is 16.2. The predicted octanol–water partition coefficient (Wildman–Crippen LogP) is 3.08. The van der Waals surface area contributed by atoms with Crippen LogP contribution in [0.1, 0.15) is 6.42 Å². The molecule has 1 aliphatic heterocycles. The van der Waals surface area contributed by atoms with Crippen molar-refractivity contribution in [3.63, 3.8) is 0 Å². The molecule has 0 radical (unpaired) electrons. The van der Waals surface area contributed by atoms with Gasteiger partial charge in [0.25, 0.3) is 0 Å². The van der Waals surface area contributed by atoms with Gasteiger partial charge in [0.15, 0.2) is 5.16 Å². The van der Waals surface area contributed by atoms with Crippen LogP contribution in [0.2, 0.25) is 0 Å². The molecule has 29 heavy (non-hydrogen) atoms. The molecule has 2 heterocycles. The Morgan fingerprint density at radius 3 is 2.76 bits per heavy atom. The number of benzene rings is 2. The number of nitrogens with zero attached hydrogens (tertiary/aromatic N) is 4. The molecule has 4 rings (SSSR count). The van der Waals surface area contributed by atoms with Crippen molar-refractivity contribution in [1.82, 2.24) is 19.7 Å². The maximum absolute atomic E-state index is 12.7. The number of methoxy groups -OCH3 is 1. The molecule has 1 fully saturated rings. The van der Waals surface area contributed by atoms with Gasteiger partial charge in [-0.1, -0.05) is 30.0 Å². The molecule has 8 heteroatoms. The lowest BCUT2D eigenvalue weighted by atomic mass is 10.2. The molecule has 0 bridgehead atoms. The van der Waals surface area contributed by atoms with Crippen molar-refractivity contribution >= 4 is 23.4 Å². The maximum Gasteiger partial charge on any atom is 0.233 e. The van der Waals surface area contributed by atoms with Gasteiger partial charge in [-0.15, -0.1) is 10.2 Å². The number of carbonyl (C=O) groups excluding carboxylic acids is 1. The molecule has 0 saturated carbocycles. The summed E-state index contributed by atoms with van der Waals surface area (Å²) in [5, 5.41) is 12.4. The number of ether oxygens (including phenoxy) is 1. The van der Waals surface area contributed by atoms with Crippen molar-refractivity contribution in [2.45, 2.75) is 17.6 Å². The van der Waals surface area contributed by atoms with Gasteiger partial charge in [-0.3, -0.25) is 9.36 Å². The van der Waals surface area contributed by atoms with Gasteiger partial charge in [-0.2, -0.15) is 0 Å². The van der Waals surface area contributed by atoms with Crippen molar-refractivity contribution in [3.8, 4) is 11.4 Å². The van der Waals surface area contributed by atoms with Crippen LogP contribution >= 0.6 is 11.8 Å². The number of hydrogen-bond acceptors (Lipinski definition) is 6. The second-order valence-corrected chi connectivity index (χ2v) is 7.75. The highest BCUT2D eigenvalue weighted by Gasteiger charge is 2.26. The van der Waals surface area contributed by atoms with E-state index in [2.05, 4.69) is 15.5 Å². The first-order chi connectivity index (χ1) is 14.2. The highest BCUT2D eigenvalue weighted by Crippen LogP contribution is 2.23. The molecular formula is C21H23N5O2S. The van der Waals surface area contributed by atoms with Gasteiger partial charge >= 0.3 is 0 Å². The molecule has 7 nitrogen and oxygen atoms in total. The molecule has 0 spiro atoms. The first-order valence-electron chi connectivity index (χ1n) is 9.49. The third-order valence-corrected chi connectivity index (χ3v) is 5.81. The van der Waals surface area contributed by atoms with Gasteiger partial charge < -0.3 is 15.0 Å². The average Bonchev–Trinajstić information content (AvgIpc) is 3.42. The summed E-state index contributed by atoms with van der Waals surface area (Å²) in [5.74, 6) is 1.25. The number of aromatic nitrogens is 3. The van der Waals surface area contributed by atoms with E-state index in [4.69, 9.17) is 4.74 Å². The van der Waals surface area contributed by atoms with Gasteiger partial charge in [-0.25, -0.2) is 0 Å². The highest BCUT2D eigenvalue weighted by atomic mass is 32.2. The Labute approximate surface area is 174 Å². The van der Waals surface area contributed by atoms with Crippen molar-refractivity contribution in [3.05, 3.63) is 60.9 Å². The highest BCUT2D eigenvalue weighted by molar-refractivity contribution is 7.99. The molecule has 150 valence electrons. The topological polar surface area (TPSA) is 72.3 Å². The molecule has 1 aromatic heterocycles. The van der Waals surface area contributed by atoms with E-state index in [1.165, 1.54) is 11.8 Å². The Morgan fingerprint density at radius 2 is 2.00 bits per heavy atom. The number of amides is 1. The minimum Gasteiger partial charge on any atom is -0.497 e. The van der Waals surface area contributed by atoms with Crippen molar-refractivity contribution in [2.24, 2.45) is 0 Å². The van der Waals surface area contributed by atoms with Crippen LogP contribution in [0.25, 0.3) is 5.69 Å². The number of anilines is 1. The molecule has 1 atom stereocenters. The lowest BCUT2D eigenvalue weighted by molar-refractivity contribution is -0.127. The zero-order valence-corrected chi connectivity index (χ0v) is 17.0. The summed E-state index contributed by atoms with van der Waals surface area (Å²) in [4.78, 5) is 14.6. The number of thioether (sulfide) groups is 1. The number of nitrogens with one attached hydrogen (secondary N) is 1. The molecule has 2 aromatic carbocycles. The fourth-order valence-corrected chi connectivity index (χ4v) is 4.17. The predicted molar refractivity (Wildman–Crippen MR) is 114 cm³/mol. The number of likely N-dealkylation sites (tertiary alicyclic amines) is 1. The van der Waals surface area contributed by atoms with Crippen molar-refractivity contribution < 1.29 is 9.53 Å². The van der Waals surface area contributed by atoms with Gasteiger partial charge in [0.1, 0.15) is 12.1 Å². The minimum absolute atomic E-state index is 0.122. The normalized spacial score (nSPS) is 16.0. The van der Waals surface area contributed by atoms with Gasteiger partial charge in [0.05, 0.1) is 12.9 Å². The van der Waals surface area contributed by atoms with Gasteiger partial charge in [0.2, 0.25) is 5.91 Å². The van der Waals surface area contributed by atoms with E-state index in [1.807, 2.05) is 64.1 Å². The summed E-state index contributed by atoms with van der Waals surface area (Å²) in [7, 11) is 1.64. The van der Waals surface area contributed by atoms with E-state index in [0.717, 1.165) is 36.6 Å². The molecule has 1 saturated heterocycles. The Morgan fingerprint density at radius 1 is 1.21 bits per heavy atom. The van der Waals surface area contributed by atoms with Crippen molar-refractivity contribution in [1.29, 1.82) is 0 Å². The smallest absolute Gasteiger partial charge is 0.233 e. The first kappa shape index (κ1) is 19.3. The summed E-state index contributed by atoms with van der Waals surface area (Å²) in [5.41, 5.74) is 2.02. The number of hydrogen-bond donors (Lipinski definition) is 1. The zero-order chi connectivity index (χ0) is 20.1. The Balaban J connectivity index is 1.32. The minimum atomic E-state index is 0.122. The summed E-state index contributed by atoms with van der Waals surface area (Å²) in [6, 6.07) is 18.1. The van der Waals surface area contributed by atoms with Crippen LogP contribution in [0.15, 0.2) is 66.1 Å². The van der Waals surface area contributed by atoms with E-state index < -0.39 is 0 Å². The molecule has 1 unspecified atom stereocenters. The average molecular weight is 410 g/mol. The van der Waals surface area contributed by atoms with Crippen LogP contribution < -0.4 is 10.1 Å². The number of para-hydroxylation sites is 1. The molecular weight excluding hydrogens is 386 g/mol. The van der Waals surface area contributed by atoms with Gasteiger partial charge in [-0.05, 0) is 42.8 Å². The Kier molecular flexibility index (Phi) is 6.00. The molecule has 1 aliphatic rings. The quantitative estimate of drug-likeness (QED) is 0.605. The number of carbonyl (C=O) groups is 1. The summed E-state index contributed by atoms with van der Waals surface area (Å²) in [6.45, 7) is 1.49. The van der Waals surface area contributed by atoms with Crippen molar-refractivity contribution in [2.75, 3.05) is 31.3 Å². The Hall–Kier alpha value is -3.00. The maximum atomic E-state index is 12.7. The number of rotatable bonds is 7. The van der Waals surface area contributed by atoms with Crippen LogP contribution in [-0.4, -0.2) is 57.6 Å². The second-order valence-electron chi connectivity index (χ2n) is 6.81. The second kappa shape index (κ2) is 9.00. The van der Waals surface area contributed by atoms with Crippen LogP contribution in [0.5, 0.6) is 5.75 Å². The molecule has 1 N–H and O–H groups in total. The van der Waals surface area contributed by atoms with Crippen LogP contribution in [0, 0.1) is 0 Å². The lowest BCUT2D eigenvalue weighted by Crippen LogP contribution is -2.32. The third kappa shape index (κ3) is 4.71. The SMILES string of the molecule is COc1ccc(-n2cnnc2SCC(=O)N2CCC(Nc3ccccc3)C2)cc1. The summed E-state index contributed by atoms with van der Waals surface area (Å²) >= 11 is 1.41. The van der Waals surface area contributed by atoms with Gasteiger partial charge in [0, 0.05) is 30.5 Å². The monoisotopic (exact) mass is 409 g/mol. The van der Waals surface area contributed by atoms with E-state index >= 15 is 0 Å². The van der Waals surface area contributed by atoms with E-state index in [0.29, 0.717) is 10.9 Å². The fourth-order valence-electron chi connectivity index (χ4n) is 3.34. The van der Waals surface area contributed by atoms with Crippen LogP contribution in [-0.2, 0) is 4.79 Å². The lowest BCUT2D eigenvalue weighted by Gasteiger charge is -2.17. The van der Waals surface area contributed by atoms with Crippen LogP contribution in [0.4, 0.5) is 5.69 Å². The van der Waals surface area contributed by atoms with E-state index in [1.54, 1.807) is 13.4 Å². The first-order valence-corrected chi connectivity index (χ1v) is 10.5. The fraction of sp³-hybridized carbons (Fsp3) is 0.286. The summed E-state index contributed by atoms with van der Waals surface area (Å²) in [6.07, 6.45) is 2.61. The van der Waals surface area contributed by atoms with E-state index in [-0.39, 0.29) is 11.9 Å². The standard InChI is InChI=1S/C21H23N5O2S/c1-28-19-9-7-18(8-10-19)26-15-22-24-21(26)29-14-20(27)25-12-11-17(13-25)23-16-5-3-2-4-6-16/h2-10,15,17,23H,11-14H2,1H3. The molecule has 0 aliphatic carbocycles. The van der Waals surface area contributed by atoms with E-state index in [9.17, 15) is 4.79 Å².